The van der Waals surface area contributed by atoms with Gasteiger partial charge in [0.05, 0.1) is 5.69 Å². The van der Waals surface area contributed by atoms with Crippen molar-refractivity contribution in [2.24, 2.45) is 7.05 Å². The number of benzene rings is 1. The molecule has 3 aromatic heterocycles. The maximum atomic E-state index is 4.69. The molecule has 4 rings (SSSR count). The molecule has 0 radical (unpaired) electrons. The summed E-state index contributed by atoms with van der Waals surface area (Å²) in [6, 6.07) is 12.3. The van der Waals surface area contributed by atoms with E-state index in [1.165, 1.54) is 5.56 Å². The van der Waals surface area contributed by atoms with E-state index < -0.39 is 0 Å². The topological polar surface area (TPSA) is 48.0 Å². The Balaban J connectivity index is 1.66. The van der Waals surface area contributed by atoms with E-state index in [4.69, 9.17) is 4.98 Å². The van der Waals surface area contributed by atoms with Crippen LogP contribution in [0.3, 0.4) is 0 Å². The largest absolute Gasteiger partial charge is 0.334 e. The van der Waals surface area contributed by atoms with Gasteiger partial charge in [0.15, 0.2) is 11.5 Å². The fourth-order valence-corrected chi connectivity index (χ4v) is 2.94. The van der Waals surface area contributed by atoms with Gasteiger partial charge in [0, 0.05) is 25.0 Å². The number of hydrogen-bond acceptors (Lipinski definition) is 3. The molecule has 0 aliphatic carbocycles. The third-order valence-electron chi connectivity index (χ3n) is 4.13. The summed E-state index contributed by atoms with van der Waals surface area (Å²) in [6.07, 6.45) is 7.86. The lowest BCUT2D eigenvalue weighted by atomic mass is 10.2. The smallest absolute Gasteiger partial charge is 0.175 e. The second kappa shape index (κ2) is 6.02. The number of nitrogens with zero attached hydrogens (tertiary/aromatic N) is 5. The van der Waals surface area contributed by atoms with Crippen LogP contribution in [0.5, 0.6) is 0 Å². The molecular weight excluding hydrogens is 310 g/mol. The molecule has 0 amide bonds. The molecule has 0 aliphatic heterocycles. The Morgan fingerprint density at radius 2 is 1.76 bits per heavy atom. The summed E-state index contributed by atoms with van der Waals surface area (Å²) >= 11 is 0. The van der Waals surface area contributed by atoms with Gasteiger partial charge in [-0.1, -0.05) is 36.4 Å². The van der Waals surface area contributed by atoms with Gasteiger partial charge >= 0.3 is 0 Å². The molecule has 5 heteroatoms. The van der Waals surface area contributed by atoms with Gasteiger partial charge in [-0.2, -0.15) is 0 Å². The van der Waals surface area contributed by atoms with Crippen molar-refractivity contribution in [2.75, 3.05) is 0 Å². The highest BCUT2D eigenvalue weighted by Crippen LogP contribution is 2.19. The number of aromatic nitrogens is 5. The molecule has 1 aromatic carbocycles. The molecule has 0 saturated heterocycles. The number of fused-ring (bicyclic) bond motifs is 1. The zero-order chi connectivity index (χ0) is 17.4. The number of pyridine rings is 1. The highest BCUT2D eigenvalue weighted by molar-refractivity contribution is 5.67. The zero-order valence-electron chi connectivity index (χ0n) is 14.5. The summed E-state index contributed by atoms with van der Waals surface area (Å²) in [5, 5.41) is 4.53. The van der Waals surface area contributed by atoms with Gasteiger partial charge in [-0.3, -0.25) is 0 Å². The van der Waals surface area contributed by atoms with Gasteiger partial charge in [-0.25, -0.2) is 14.5 Å². The first kappa shape index (κ1) is 15.3. The standard InChI is InChI=1S/C20H19N5/c1-14-11-15(2)20-22-18(23-25(20)12-14)9-10-19-21-17(13-24(19)3)16-7-5-4-6-8-16/h4-13H,1-3H3/b10-9+. The molecule has 0 spiro atoms. The fraction of sp³-hybridized carbons (Fsp3) is 0.150. The molecule has 4 aromatic rings. The Morgan fingerprint density at radius 3 is 2.56 bits per heavy atom. The van der Waals surface area contributed by atoms with Crippen LogP contribution in [0.25, 0.3) is 29.1 Å². The van der Waals surface area contributed by atoms with Crippen LogP contribution >= 0.6 is 0 Å². The monoisotopic (exact) mass is 329 g/mol. The van der Waals surface area contributed by atoms with Gasteiger partial charge in [-0.05, 0) is 37.1 Å². The fourth-order valence-electron chi connectivity index (χ4n) is 2.94. The number of imidazole rings is 1. The van der Waals surface area contributed by atoms with Crippen LogP contribution in [0, 0.1) is 13.8 Å². The summed E-state index contributed by atoms with van der Waals surface area (Å²) in [4.78, 5) is 9.29. The second-order valence-corrected chi connectivity index (χ2v) is 6.23. The van der Waals surface area contributed by atoms with E-state index in [0.29, 0.717) is 5.82 Å². The Hall–Kier alpha value is -3.21. The van der Waals surface area contributed by atoms with Crippen molar-refractivity contribution < 1.29 is 0 Å². The van der Waals surface area contributed by atoms with Crippen LogP contribution in [0.1, 0.15) is 22.8 Å². The second-order valence-electron chi connectivity index (χ2n) is 6.23. The number of rotatable bonds is 3. The van der Waals surface area contributed by atoms with Crippen molar-refractivity contribution in [2.45, 2.75) is 13.8 Å². The van der Waals surface area contributed by atoms with Gasteiger partial charge in [0.25, 0.3) is 0 Å². The van der Waals surface area contributed by atoms with Crippen molar-refractivity contribution in [3.05, 3.63) is 71.6 Å². The molecule has 3 heterocycles. The Kier molecular flexibility index (Phi) is 3.69. The number of hydrogen-bond donors (Lipinski definition) is 0. The Morgan fingerprint density at radius 1 is 0.960 bits per heavy atom. The van der Waals surface area contributed by atoms with E-state index >= 15 is 0 Å². The third kappa shape index (κ3) is 2.96. The average molecular weight is 329 g/mol. The molecule has 5 nitrogen and oxygen atoms in total. The molecular formula is C20H19N5. The summed E-state index contributed by atoms with van der Waals surface area (Å²) < 4.78 is 3.84. The van der Waals surface area contributed by atoms with E-state index in [9.17, 15) is 0 Å². The molecule has 0 aliphatic rings. The van der Waals surface area contributed by atoms with Crippen LogP contribution < -0.4 is 0 Å². The van der Waals surface area contributed by atoms with Crippen LogP contribution in [-0.2, 0) is 7.05 Å². The van der Waals surface area contributed by atoms with Crippen LogP contribution in [0.15, 0.2) is 48.8 Å². The molecule has 0 atom stereocenters. The molecule has 0 unspecified atom stereocenters. The van der Waals surface area contributed by atoms with Crippen molar-refractivity contribution in [1.29, 1.82) is 0 Å². The van der Waals surface area contributed by atoms with Gasteiger partial charge in [0.2, 0.25) is 0 Å². The Bertz CT molecular complexity index is 1070. The molecule has 124 valence electrons. The first-order valence-electron chi connectivity index (χ1n) is 8.20. The molecule has 0 saturated carbocycles. The summed E-state index contributed by atoms with van der Waals surface area (Å²) in [6.45, 7) is 4.11. The SMILES string of the molecule is Cc1cc(C)c2nc(/C=C/c3nc(-c4ccccc4)cn3C)nn2c1. The van der Waals surface area contributed by atoms with E-state index in [0.717, 1.165) is 28.3 Å². The summed E-state index contributed by atoms with van der Waals surface area (Å²) in [7, 11) is 1.99. The first-order valence-corrected chi connectivity index (χ1v) is 8.20. The molecule has 25 heavy (non-hydrogen) atoms. The minimum absolute atomic E-state index is 0.679. The van der Waals surface area contributed by atoms with Crippen molar-refractivity contribution >= 4 is 17.8 Å². The summed E-state index contributed by atoms with van der Waals surface area (Å²) in [5.41, 5.74) is 5.24. The van der Waals surface area contributed by atoms with Crippen LogP contribution in [0.4, 0.5) is 0 Å². The maximum Gasteiger partial charge on any atom is 0.175 e. The lowest BCUT2D eigenvalue weighted by molar-refractivity contribution is 0.897. The molecule has 0 N–H and O–H groups in total. The first-order chi connectivity index (χ1) is 12.1. The third-order valence-corrected chi connectivity index (χ3v) is 4.13. The van der Waals surface area contributed by atoms with E-state index in [-0.39, 0.29) is 0 Å². The van der Waals surface area contributed by atoms with E-state index in [1.807, 2.05) is 58.9 Å². The number of aryl methyl sites for hydroxylation is 3. The minimum Gasteiger partial charge on any atom is -0.334 e. The predicted molar refractivity (Wildman–Crippen MR) is 100 cm³/mol. The van der Waals surface area contributed by atoms with E-state index in [2.05, 4.69) is 42.1 Å². The minimum atomic E-state index is 0.679. The molecule has 0 fully saturated rings. The van der Waals surface area contributed by atoms with E-state index in [1.54, 1.807) is 0 Å². The predicted octanol–water partition coefficient (Wildman–Crippen LogP) is 3.92. The van der Waals surface area contributed by atoms with Gasteiger partial charge in [0.1, 0.15) is 5.82 Å². The average Bonchev–Trinajstić information content (AvgIpc) is 3.17. The normalized spacial score (nSPS) is 11.6. The summed E-state index contributed by atoms with van der Waals surface area (Å²) in [5.74, 6) is 1.54. The maximum absolute atomic E-state index is 4.69. The van der Waals surface area contributed by atoms with Crippen LogP contribution in [-0.4, -0.2) is 24.1 Å². The Labute approximate surface area is 146 Å². The molecule has 0 bridgehead atoms. The lowest BCUT2D eigenvalue weighted by Gasteiger charge is -1.97. The zero-order valence-corrected chi connectivity index (χ0v) is 14.5. The van der Waals surface area contributed by atoms with Crippen molar-refractivity contribution in [3.8, 4) is 11.3 Å². The van der Waals surface area contributed by atoms with Gasteiger partial charge < -0.3 is 4.57 Å². The van der Waals surface area contributed by atoms with Crippen molar-refractivity contribution in [1.82, 2.24) is 24.1 Å². The highest BCUT2D eigenvalue weighted by atomic mass is 15.3. The van der Waals surface area contributed by atoms with Crippen LogP contribution in [0.2, 0.25) is 0 Å². The van der Waals surface area contributed by atoms with Crippen molar-refractivity contribution in [3.63, 3.8) is 0 Å². The highest BCUT2D eigenvalue weighted by Gasteiger charge is 2.07. The van der Waals surface area contributed by atoms with Gasteiger partial charge in [-0.15, -0.1) is 5.10 Å². The quantitative estimate of drug-likeness (QED) is 0.572. The lowest BCUT2D eigenvalue weighted by Crippen LogP contribution is -1.91.